The monoisotopic (exact) mass is 476 g/mol. The number of hydrogen-bond acceptors (Lipinski definition) is 7. The smallest absolute Gasteiger partial charge is 0.293 e. The van der Waals surface area contributed by atoms with Crippen molar-refractivity contribution in [2.75, 3.05) is 19.9 Å². The molecular weight excluding hydrogens is 458 g/mol. The normalized spacial score (nSPS) is 16.9. The van der Waals surface area contributed by atoms with E-state index in [2.05, 4.69) is 5.32 Å². The van der Waals surface area contributed by atoms with Crippen molar-refractivity contribution in [3.63, 3.8) is 0 Å². The molecule has 3 amide bonds. The maximum atomic E-state index is 13.3. The van der Waals surface area contributed by atoms with Crippen LogP contribution in [0.5, 0.6) is 17.2 Å². The maximum Gasteiger partial charge on any atom is 0.293 e. The first-order chi connectivity index (χ1) is 15.8. The van der Waals surface area contributed by atoms with E-state index in [1.807, 2.05) is 0 Å². The van der Waals surface area contributed by atoms with Crippen LogP contribution < -0.4 is 19.5 Å². The van der Waals surface area contributed by atoms with Crippen LogP contribution in [0, 0.1) is 11.6 Å². The van der Waals surface area contributed by atoms with Crippen LogP contribution in [0.15, 0.2) is 41.3 Å². The predicted octanol–water partition coefficient (Wildman–Crippen LogP) is 3.31. The fraction of sp³-hybridized carbons (Fsp3) is 0.227. The van der Waals surface area contributed by atoms with Crippen LogP contribution in [-0.2, 0) is 9.59 Å². The molecule has 2 aromatic carbocycles. The summed E-state index contributed by atoms with van der Waals surface area (Å²) >= 11 is 0.802. The van der Waals surface area contributed by atoms with Gasteiger partial charge < -0.3 is 19.5 Å². The molecule has 0 spiro atoms. The third kappa shape index (κ3) is 5.08. The average molecular weight is 476 g/mol. The number of carbonyl (C=O) groups excluding carboxylic acids is 3. The molecule has 1 saturated heterocycles. The van der Waals surface area contributed by atoms with Crippen molar-refractivity contribution in [1.82, 2.24) is 10.2 Å². The van der Waals surface area contributed by atoms with Gasteiger partial charge in [-0.05, 0) is 54.6 Å². The minimum Gasteiger partial charge on any atom is -0.481 e. The van der Waals surface area contributed by atoms with Gasteiger partial charge in [-0.2, -0.15) is 0 Å². The van der Waals surface area contributed by atoms with Crippen LogP contribution in [0.25, 0.3) is 6.08 Å². The van der Waals surface area contributed by atoms with Crippen LogP contribution in [0.2, 0.25) is 0 Å². The Hall–Kier alpha value is -3.60. The highest BCUT2D eigenvalue weighted by Crippen LogP contribution is 2.36. The molecule has 0 radical (unpaired) electrons. The van der Waals surface area contributed by atoms with E-state index in [-0.39, 0.29) is 30.5 Å². The summed E-state index contributed by atoms with van der Waals surface area (Å²) < 4.78 is 42.1. The van der Waals surface area contributed by atoms with Crippen molar-refractivity contribution in [3.8, 4) is 17.2 Å². The second-order valence-electron chi connectivity index (χ2n) is 7.07. The first-order valence-electron chi connectivity index (χ1n) is 9.86. The highest BCUT2D eigenvalue weighted by Gasteiger charge is 2.35. The van der Waals surface area contributed by atoms with Crippen molar-refractivity contribution in [2.24, 2.45) is 0 Å². The van der Waals surface area contributed by atoms with Gasteiger partial charge >= 0.3 is 0 Å². The molecule has 2 aliphatic rings. The number of nitrogens with one attached hydrogen (secondary N) is 1. The molecule has 0 aromatic heterocycles. The summed E-state index contributed by atoms with van der Waals surface area (Å²) in [6.07, 6.45) is 0.582. The predicted molar refractivity (Wildman–Crippen MR) is 115 cm³/mol. The molecule has 1 N–H and O–H groups in total. The van der Waals surface area contributed by atoms with Crippen molar-refractivity contribution in [3.05, 3.63) is 58.5 Å². The SMILES string of the molecule is CC(Oc1ccc(F)c(F)c1)C(=O)NCCN1C(=O)S/C(=C/c2ccc3c(c2)OCO3)C1=O. The Labute approximate surface area is 191 Å². The quantitative estimate of drug-likeness (QED) is 0.613. The van der Waals surface area contributed by atoms with Gasteiger partial charge in [-0.25, -0.2) is 8.78 Å². The summed E-state index contributed by atoms with van der Waals surface area (Å²) in [5, 5.41) is 2.10. The van der Waals surface area contributed by atoms with Crippen molar-refractivity contribution in [1.29, 1.82) is 0 Å². The highest BCUT2D eigenvalue weighted by molar-refractivity contribution is 8.18. The van der Waals surface area contributed by atoms with E-state index in [1.54, 1.807) is 24.3 Å². The summed E-state index contributed by atoms with van der Waals surface area (Å²) in [6, 6.07) is 8.12. The Kier molecular flexibility index (Phi) is 6.50. The molecule has 2 aromatic rings. The number of benzene rings is 2. The topological polar surface area (TPSA) is 94.2 Å². The van der Waals surface area contributed by atoms with Crippen molar-refractivity contribution < 1.29 is 37.4 Å². The van der Waals surface area contributed by atoms with Gasteiger partial charge in [-0.15, -0.1) is 0 Å². The third-order valence-corrected chi connectivity index (χ3v) is 5.68. The maximum absolute atomic E-state index is 13.3. The zero-order valence-electron chi connectivity index (χ0n) is 17.3. The fourth-order valence-corrected chi connectivity index (χ4v) is 3.95. The number of carbonyl (C=O) groups is 3. The Morgan fingerprint density at radius 2 is 1.97 bits per heavy atom. The van der Waals surface area contributed by atoms with E-state index in [4.69, 9.17) is 14.2 Å². The van der Waals surface area contributed by atoms with Crippen LogP contribution in [0.1, 0.15) is 12.5 Å². The second kappa shape index (κ2) is 9.49. The number of hydrogen-bond donors (Lipinski definition) is 1. The van der Waals surface area contributed by atoms with Gasteiger partial charge in [0.05, 0.1) is 4.91 Å². The molecule has 0 bridgehead atoms. The van der Waals surface area contributed by atoms with Crippen molar-refractivity contribution >= 4 is 34.9 Å². The number of rotatable bonds is 7. The lowest BCUT2D eigenvalue weighted by molar-refractivity contribution is -0.128. The number of ether oxygens (including phenoxy) is 3. The van der Waals surface area contributed by atoms with E-state index < -0.39 is 34.8 Å². The Morgan fingerprint density at radius 1 is 1.18 bits per heavy atom. The number of imide groups is 1. The summed E-state index contributed by atoms with van der Waals surface area (Å²) in [5.74, 6) is -1.96. The molecule has 2 aliphatic heterocycles. The summed E-state index contributed by atoms with van der Waals surface area (Å²) in [4.78, 5) is 38.4. The standard InChI is InChI=1S/C22H18F2N2O6S/c1-12(32-14-3-4-15(23)16(24)10-14)20(27)25-6-7-26-21(28)19(33-22(26)29)9-13-2-5-17-18(8-13)31-11-30-17/h2-5,8-10,12H,6-7,11H2,1H3,(H,25,27)/b19-9+. The Bertz CT molecular complexity index is 1160. The van der Waals surface area contributed by atoms with Gasteiger partial charge in [-0.1, -0.05) is 6.07 Å². The molecule has 2 heterocycles. The van der Waals surface area contributed by atoms with E-state index in [0.717, 1.165) is 28.8 Å². The number of halogens is 2. The first kappa shape index (κ1) is 22.6. The van der Waals surface area contributed by atoms with Crippen LogP contribution in [0.3, 0.4) is 0 Å². The summed E-state index contributed by atoms with van der Waals surface area (Å²) in [5.41, 5.74) is 0.682. The molecule has 0 aliphatic carbocycles. The second-order valence-corrected chi connectivity index (χ2v) is 8.07. The fourth-order valence-electron chi connectivity index (χ4n) is 3.09. The van der Waals surface area contributed by atoms with Crippen LogP contribution in [0.4, 0.5) is 13.6 Å². The molecular formula is C22H18F2N2O6S. The van der Waals surface area contributed by atoms with Gasteiger partial charge in [-0.3, -0.25) is 19.3 Å². The van der Waals surface area contributed by atoms with Gasteiger partial charge in [0.1, 0.15) is 5.75 Å². The molecule has 0 saturated carbocycles. The Morgan fingerprint density at radius 3 is 2.76 bits per heavy atom. The largest absolute Gasteiger partial charge is 0.481 e. The van der Waals surface area contributed by atoms with Crippen molar-refractivity contribution in [2.45, 2.75) is 13.0 Å². The molecule has 4 rings (SSSR count). The Balaban J connectivity index is 1.30. The summed E-state index contributed by atoms with van der Waals surface area (Å²) in [6.45, 7) is 1.53. The lowest BCUT2D eigenvalue weighted by atomic mass is 10.2. The molecule has 11 heteroatoms. The molecule has 1 unspecified atom stereocenters. The van der Waals surface area contributed by atoms with Gasteiger partial charge in [0, 0.05) is 19.2 Å². The van der Waals surface area contributed by atoms with Crippen LogP contribution in [-0.4, -0.2) is 47.9 Å². The van der Waals surface area contributed by atoms with E-state index >= 15 is 0 Å². The summed E-state index contributed by atoms with van der Waals surface area (Å²) in [7, 11) is 0. The highest BCUT2D eigenvalue weighted by atomic mass is 32.2. The molecule has 172 valence electrons. The van der Waals surface area contributed by atoms with E-state index in [9.17, 15) is 23.2 Å². The lowest BCUT2D eigenvalue weighted by Gasteiger charge is -2.16. The molecule has 1 atom stereocenters. The number of thioether (sulfide) groups is 1. The van der Waals surface area contributed by atoms with E-state index in [0.29, 0.717) is 17.1 Å². The van der Waals surface area contributed by atoms with Gasteiger partial charge in [0.25, 0.3) is 17.1 Å². The number of nitrogens with zero attached hydrogens (tertiary/aromatic N) is 1. The van der Waals surface area contributed by atoms with Crippen LogP contribution >= 0.6 is 11.8 Å². The number of amides is 3. The minimum absolute atomic E-state index is 0.000341. The number of fused-ring (bicyclic) bond motifs is 1. The molecule has 33 heavy (non-hydrogen) atoms. The zero-order valence-corrected chi connectivity index (χ0v) is 18.1. The van der Waals surface area contributed by atoms with Gasteiger partial charge in [0.2, 0.25) is 6.79 Å². The first-order valence-corrected chi connectivity index (χ1v) is 10.7. The van der Waals surface area contributed by atoms with E-state index in [1.165, 1.54) is 13.0 Å². The zero-order chi connectivity index (χ0) is 23.5. The average Bonchev–Trinajstić information content (AvgIpc) is 3.35. The lowest BCUT2D eigenvalue weighted by Crippen LogP contribution is -2.41. The third-order valence-electron chi connectivity index (χ3n) is 4.78. The minimum atomic E-state index is -1.09. The van der Waals surface area contributed by atoms with Gasteiger partial charge in [0.15, 0.2) is 29.2 Å². The molecule has 8 nitrogen and oxygen atoms in total. The molecule has 1 fully saturated rings.